The number of primary amides is 1. The highest BCUT2D eigenvalue weighted by Crippen LogP contribution is 2.28. The molecule has 22 heavy (non-hydrogen) atoms. The number of hydrogen-bond acceptors (Lipinski definition) is 5. The van der Waals surface area contributed by atoms with Crippen LogP contribution in [0.5, 0.6) is 5.75 Å². The van der Waals surface area contributed by atoms with Crippen LogP contribution in [0.25, 0.3) is 22.2 Å². The van der Waals surface area contributed by atoms with Gasteiger partial charge in [0.2, 0.25) is 5.91 Å². The van der Waals surface area contributed by atoms with Crippen molar-refractivity contribution >= 4 is 16.8 Å². The first kappa shape index (κ1) is 13.8. The van der Waals surface area contributed by atoms with Crippen LogP contribution in [-0.2, 0) is 0 Å². The zero-order chi connectivity index (χ0) is 15.9. The third-order valence-electron chi connectivity index (χ3n) is 3.29. The number of amides is 1. The Bertz CT molecular complexity index is 960. The molecule has 0 aliphatic carbocycles. The van der Waals surface area contributed by atoms with E-state index in [0.29, 0.717) is 10.9 Å². The second-order valence-electron chi connectivity index (χ2n) is 4.84. The van der Waals surface area contributed by atoms with Gasteiger partial charge in [0.25, 0.3) is 0 Å². The van der Waals surface area contributed by atoms with Crippen molar-refractivity contribution in [3.8, 4) is 17.0 Å². The van der Waals surface area contributed by atoms with Gasteiger partial charge in [-0.15, -0.1) is 0 Å². The molecule has 6 heteroatoms. The lowest BCUT2D eigenvalue weighted by Gasteiger charge is -2.08. The molecule has 3 rings (SSSR count). The Morgan fingerprint density at radius 1 is 1.27 bits per heavy atom. The van der Waals surface area contributed by atoms with E-state index in [9.17, 15) is 14.7 Å². The monoisotopic (exact) mass is 296 g/mol. The average molecular weight is 296 g/mol. The lowest BCUT2D eigenvalue weighted by atomic mass is 10.0. The van der Waals surface area contributed by atoms with E-state index < -0.39 is 11.5 Å². The van der Waals surface area contributed by atoms with Crippen molar-refractivity contribution in [2.75, 3.05) is 0 Å². The summed E-state index contributed by atoms with van der Waals surface area (Å²) in [6, 6.07) is 9.61. The first-order valence-corrected chi connectivity index (χ1v) is 6.51. The fraction of sp³-hybridized carbons (Fsp3) is 0.0625. The molecule has 0 saturated heterocycles. The number of nitrogens with two attached hydrogens (primary N) is 1. The number of fused-ring (bicyclic) bond motifs is 1. The van der Waals surface area contributed by atoms with E-state index in [2.05, 4.69) is 4.98 Å². The Morgan fingerprint density at radius 3 is 2.68 bits per heavy atom. The maximum Gasteiger partial charge on any atom is 0.349 e. The topological polar surface area (TPSA) is 106 Å². The molecule has 0 atom stereocenters. The van der Waals surface area contributed by atoms with E-state index in [1.165, 1.54) is 12.1 Å². The summed E-state index contributed by atoms with van der Waals surface area (Å²) in [5.74, 6) is -0.620. The molecule has 110 valence electrons. The van der Waals surface area contributed by atoms with E-state index in [0.717, 1.165) is 0 Å². The Hall–Kier alpha value is -3.15. The molecule has 0 unspecified atom stereocenters. The standard InChI is InChI=1S/C16H12N2O4/c1-8-6-13(19)14(16(21)22-8)12-7-10(15(17)20)9-4-2-3-5-11(9)18-12/h2-7,19H,1H3,(H2,17,20). The van der Waals surface area contributed by atoms with Crippen molar-refractivity contribution in [2.45, 2.75) is 6.92 Å². The number of benzene rings is 1. The second-order valence-corrected chi connectivity index (χ2v) is 4.84. The Balaban J connectivity index is 2.38. The van der Waals surface area contributed by atoms with Gasteiger partial charge < -0.3 is 15.3 Å². The highest BCUT2D eigenvalue weighted by atomic mass is 16.4. The Morgan fingerprint density at radius 2 is 2.00 bits per heavy atom. The molecule has 3 aromatic rings. The van der Waals surface area contributed by atoms with E-state index in [-0.39, 0.29) is 28.3 Å². The number of hydrogen-bond donors (Lipinski definition) is 2. The molecular formula is C16H12N2O4. The lowest BCUT2D eigenvalue weighted by molar-refractivity contribution is 0.100. The van der Waals surface area contributed by atoms with Crippen molar-refractivity contribution in [3.63, 3.8) is 0 Å². The number of para-hydroxylation sites is 1. The molecule has 0 saturated carbocycles. The summed E-state index contributed by atoms with van der Waals surface area (Å²) in [6.45, 7) is 1.55. The summed E-state index contributed by atoms with van der Waals surface area (Å²) >= 11 is 0. The molecule has 0 spiro atoms. The smallest absolute Gasteiger partial charge is 0.349 e. The predicted molar refractivity (Wildman–Crippen MR) is 80.6 cm³/mol. The van der Waals surface area contributed by atoms with Crippen molar-refractivity contribution in [2.24, 2.45) is 5.73 Å². The normalized spacial score (nSPS) is 10.8. The van der Waals surface area contributed by atoms with Gasteiger partial charge in [0.15, 0.2) is 0 Å². The maximum atomic E-state index is 12.0. The maximum absolute atomic E-state index is 12.0. The fourth-order valence-electron chi connectivity index (χ4n) is 2.34. The average Bonchev–Trinajstić information content (AvgIpc) is 2.45. The quantitative estimate of drug-likeness (QED) is 0.752. The summed E-state index contributed by atoms with van der Waals surface area (Å²) in [7, 11) is 0. The van der Waals surface area contributed by atoms with Crippen molar-refractivity contribution in [1.29, 1.82) is 0 Å². The van der Waals surface area contributed by atoms with E-state index in [4.69, 9.17) is 10.2 Å². The summed E-state index contributed by atoms with van der Waals surface area (Å²) < 4.78 is 4.98. The van der Waals surface area contributed by atoms with Crippen LogP contribution >= 0.6 is 0 Å². The van der Waals surface area contributed by atoms with Crippen LogP contribution in [0.1, 0.15) is 16.1 Å². The number of aryl methyl sites for hydroxylation is 1. The summed E-state index contributed by atoms with van der Waals surface area (Å²) in [6.07, 6.45) is 0. The molecule has 1 amide bonds. The number of aromatic hydroxyl groups is 1. The van der Waals surface area contributed by atoms with Gasteiger partial charge in [-0.3, -0.25) is 4.79 Å². The number of pyridine rings is 1. The summed E-state index contributed by atoms with van der Waals surface area (Å²) in [4.78, 5) is 28.0. The molecule has 0 aliphatic rings. The molecule has 2 aromatic heterocycles. The van der Waals surface area contributed by atoms with Crippen molar-refractivity contribution < 1.29 is 14.3 Å². The lowest BCUT2D eigenvalue weighted by Crippen LogP contribution is -2.13. The van der Waals surface area contributed by atoms with Crippen LogP contribution in [0.3, 0.4) is 0 Å². The van der Waals surface area contributed by atoms with Gasteiger partial charge in [0, 0.05) is 11.5 Å². The first-order valence-electron chi connectivity index (χ1n) is 6.51. The SMILES string of the molecule is Cc1cc(O)c(-c2cc(C(N)=O)c3ccccc3n2)c(=O)o1. The van der Waals surface area contributed by atoms with Crippen LogP contribution in [0, 0.1) is 6.92 Å². The van der Waals surface area contributed by atoms with Gasteiger partial charge in [-0.05, 0) is 19.1 Å². The molecule has 0 bridgehead atoms. The zero-order valence-electron chi connectivity index (χ0n) is 11.7. The third-order valence-corrected chi connectivity index (χ3v) is 3.29. The highest BCUT2D eigenvalue weighted by Gasteiger charge is 2.17. The molecule has 0 radical (unpaired) electrons. The van der Waals surface area contributed by atoms with Gasteiger partial charge in [-0.2, -0.15) is 0 Å². The molecular weight excluding hydrogens is 284 g/mol. The molecule has 0 aliphatic heterocycles. The number of nitrogens with zero attached hydrogens (tertiary/aromatic N) is 1. The van der Waals surface area contributed by atoms with Crippen LogP contribution in [0.2, 0.25) is 0 Å². The Kier molecular flexibility index (Phi) is 3.14. The molecule has 0 fully saturated rings. The minimum Gasteiger partial charge on any atom is -0.507 e. The van der Waals surface area contributed by atoms with Crippen molar-refractivity contribution in [1.82, 2.24) is 4.98 Å². The number of carbonyl (C=O) groups excluding carboxylic acids is 1. The Labute approximate surface area is 124 Å². The third kappa shape index (κ3) is 2.20. The largest absolute Gasteiger partial charge is 0.507 e. The minimum absolute atomic E-state index is 0.0983. The molecule has 3 N–H and O–H groups in total. The van der Waals surface area contributed by atoms with Gasteiger partial charge in [-0.1, -0.05) is 18.2 Å². The number of rotatable bonds is 2. The summed E-state index contributed by atoms with van der Waals surface area (Å²) in [5.41, 5.74) is 5.43. The van der Waals surface area contributed by atoms with E-state index >= 15 is 0 Å². The van der Waals surface area contributed by atoms with Gasteiger partial charge >= 0.3 is 5.63 Å². The van der Waals surface area contributed by atoms with E-state index in [1.54, 1.807) is 31.2 Å². The van der Waals surface area contributed by atoms with Crippen LogP contribution in [0.15, 0.2) is 45.6 Å². The predicted octanol–water partition coefficient (Wildman–Crippen LogP) is 1.97. The summed E-state index contributed by atoms with van der Waals surface area (Å²) in [5, 5.41) is 10.6. The number of carbonyl (C=O) groups is 1. The second kappa shape index (κ2) is 5.00. The van der Waals surface area contributed by atoms with Crippen LogP contribution in [0.4, 0.5) is 0 Å². The number of aromatic nitrogens is 1. The van der Waals surface area contributed by atoms with Crippen LogP contribution in [-0.4, -0.2) is 16.0 Å². The van der Waals surface area contributed by atoms with E-state index in [1.807, 2.05) is 0 Å². The molecule has 2 heterocycles. The van der Waals surface area contributed by atoms with Crippen LogP contribution < -0.4 is 11.4 Å². The highest BCUT2D eigenvalue weighted by molar-refractivity contribution is 6.06. The van der Waals surface area contributed by atoms with Gasteiger partial charge in [0.05, 0.1) is 16.8 Å². The van der Waals surface area contributed by atoms with Gasteiger partial charge in [-0.25, -0.2) is 9.78 Å². The first-order chi connectivity index (χ1) is 10.5. The van der Waals surface area contributed by atoms with Gasteiger partial charge in [0.1, 0.15) is 17.1 Å². The minimum atomic E-state index is -0.726. The van der Waals surface area contributed by atoms with Crippen molar-refractivity contribution in [3.05, 3.63) is 58.1 Å². The molecule has 1 aromatic carbocycles. The fourth-order valence-corrected chi connectivity index (χ4v) is 2.34. The molecule has 6 nitrogen and oxygen atoms in total. The zero-order valence-corrected chi connectivity index (χ0v) is 11.7.